The molecule has 1 unspecified atom stereocenters. The highest BCUT2D eigenvalue weighted by atomic mass is 35.5. The number of amides is 1. The van der Waals surface area contributed by atoms with Crippen molar-refractivity contribution in [2.24, 2.45) is 0 Å². The number of likely N-dealkylation sites (tertiary alicyclic amines) is 1. The predicted octanol–water partition coefficient (Wildman–Crippen LogP) is 0.902. The zero-order valence-corrected chi connectivity index (χ0v) is 17.7. The Labute approximate surface area is 171 Å². The number of carbonyl (C=O) groups is 1. The fraction of sp³-hybridized carbons (Fsp3) is 0.611. The fourth-order valence-electron chi connectivity index (χ4n) is 3.70. The normalized spacial score (nSPS) is 22.0. The first-order chi connectivity index (χ1) is 13.4. The summed E-state index contributed by atoms with van der Waals surface area (Å²) in [5.74, 6) is 0.540. The van der Waals surface area contributed by atoms with Gasteiger partial charge in [-0.25, -0.2) is 8.42 Å². The molecule has 0 spiro atoms. The summed E-state index contributed by atoms with van der Waals surface area (Å²) < 4.78 is 37.4. The van der Waals surface area contributed by atoms with E-state index in [1.165, 1.54) is 23.5 Å². The molecule has 1 aromatic carbocycles. The van der Waals surface area contributed by atoms with E-state index < -0.39 is 10.0 Å². The second-order valence-corrected chi connectivity index (χ2v) is 9.20. The van der Waals surface area contributed by atoms with Gasteiger partial charge in [0.25, 0.3) is 0 Å². The molecule has 2 aliphatic heterocycles. The average molecular weight is 432 g/mol. The van der Waals surface area contributed by atoms with Crippen molar-refractivity contribution in [3.63, 3.8) is 0 Å². The van der Waals surface area contributed by atoms with Crippen molar-refractivity contribution in [1.29, 1.82) is 0 Å². The molecule has 0 radical (unpaired) electrons. The monoisotopic (exact) mass is 431 g/mol. The van der Waals surface area contributed by atoms with Crippen molar-refractivity contribution < 1.29 is 22.7 Å². The van der Waals surface area contributed by atoms with Gasteiger partial charge in [-0.15, -0.1) is 0 Å². The van der Waals surface area contributed by atoms with E-state index in [0.717, 1.165) is 13.0 Å². The van der Waals surface area contributed by atoms with Gasteiger partial charge in [0, 0.05) is 46.4 Å². The van der Waals surface area contributed by atoms with E-state index in [1.807, 2.05) is 4.90 Å². The lowest BCUT2D eigenvalue weighted by Crippen LogP contribution is -2.53. The summed E-state index contributed by atoms with van der Waals surface area (Å²) in [5, 5.41) is 0.259. The molecular formula is C18H26ClN3O5S. The first-order valence-corrected chi connectivity index (χ1v) is 11.1. The molecule has 2 fully saturated rings. The summed E-state index contributed by atoms with van der Waals surface area (Å²) in [6, 6.07) is 4.30. The number of ether oxygens (including phenoxy) is 2. The van der Waals surface area contributed by atoms with Crippen LogP contribution in [0.1, 0.15) is 6.42 Å². The fourth-order valence-corrected chi connectivity index (χ4v) is 5.47. The van der Waals surface area contributed by atoms with Gasteiger partial charge in [-0.3, -0.25) is 9.69 Å². The van der Waals surface area contributed by atoms with Crippen LogP contribution in [0.2, 0.25) is 5.02 Å². The molecular weight excluding hydrogens is 406 g/mol. The zero-order chi connectivity index (χ0) is 20.3. The summed E-state index contributed by atoms with van der Waals surface area (Å²) in [4.78, 5) is 16.6. The van der Waals surface area contributed by atoms with E-state index >= 15 is 0 Å². The summed E-state index contributed by atoms with van der Waals surface area (Å²) >= 11 is 6.08. The largest absolute Gasteiger partial charge is 0.495 e. The Morgan fingerprint density at radius 2 is 1.86 bits per heavy atom. The highest BCUT2D eigenvalue weighted by Gasteiger charge is 2.38. The number of methoxy groups -OCH3 is 2. The van der Waals surface area contributed by atoms with Crippen LogP contribution in [0, 0.1) is 0 Å². The van der Waals surface area contributed by atoms with Gasteiger partial charge in [0.1, 0.15) is 5.75 Å². The van der Waals surface area contributed by atoms with E-state index in [4.69, 9.17) is 21.1 Å². The second-order valence-electron chi connectivity index (χ2n) is 6.86. The molecule has 2 aliphatic rings. The van der Waals surface area contributed by atoms with E-state index in [0.29, 0.717) is 45.1 Å². The van der Waals surface area contributed by atoms with Gasteiger partial charge in [-0.2, -0.15) is 4.31 Å². The van der Waals surface area contributed by atoms with Crippen molar-refractivity contribution in [3.8, 4) is 5.75 Å². The van der Waals surface area contributed by atoms with Crippen LogP contribution in [-0.4, -0.2) is 94.6 Å². The minimum atomic E-state index is -3.64. The van der Waals surface area contributed by atoms with E-state index in [1.54, 1.807) is 13.2 Å². The molecule has 3 rings (SSSR count). The Morgan fingerprint density at radius 1 is 1.14 bits per heavy atom. The van der Waals surface area contributed by atoms with Crippen molar-refractivity contribution in [3.05, 3.63) is 23.2 Å². The van der Waals surface area contributed by atoms with Crippen LogP contribution in [0.4, 0.5) is 0 Å². The van der Waals surface area contributed by atoms with Crippen LogP contribution in [0.15, 0.2) is 23.1 Å². The highest BCUT2D eigenvalue weighted by Crippen LogP contribution is 2.29. The van der Waals surface area contributed by atoms with Crippen LogP contribution in [0.5, 0.6) is 5.75 Å². The smallest absolute Gasteiger partial charge is 0.243 e. The molecule has 8 nitrogen and oxygen atoms in total. The number of sulfonamides is 1. The van der Waals surface area contributed by atoms with E-state index in [9.17, 15) is 13.2 Å². The number of nitrogens with zero attached hydrogens (tertiary/aromatic N) is 3. The Kier molecular flexibility index (Phi) is 6.82. The van der Waals surface area contributed by atoms with Crippen molar-refractivity contribution in [2.75, 3.05) is 60.1 Å². The van der Waals surface area contributed by atoms with Crippen molar-refractivity contribution in [2.45, 2.75) is 17.4 Å². The predicted molar refractivity (Wildman–Crippen MR) is 105 cm³/mol. The quantitative estimate of drug-likeness (QED) is 0.638. The number of hydrogen-bond acceptors (Lipinski definition) is 6. The maximum atomic E-state index is 12.9. The number of hydrogen-bond donors (Lipinski definition) is 0. The van der Waals surface area contributed by atoms with Crippen molar-refractivity contribution in [1.82, 2.24) is 14.1 Å². The molecule has 0 N–H and O–H groups in total. The number of rotatable bonds is 7. The number of carbonyl (C=O) groups excluding carboxylic acids is 1. The third-order valence-corrected chi connectivity index (χ3v) is 7.50. The lowest BCUT2D eigenvalue weighted by Gasteiger charge is -2.36. The van der Waals surface area contributed by atoms with Crippen molar-refractivity contribution >= 4 is 27.5 Å². The van der Waals surface area contributed by atoms with Gasteiger partial charge in [0.15, 0.2) is 0 Å². The van der Waals surface area contributed by atoms with Crippen LogP contribution >= 0.6 is 11.6 Å². The number of benzene rings is 1. The molecule has 0 bridgehead atoms. The van der Waals surface area contributed by atoms with Gasteiger partial charge >= 0.3 is 0 Å². The van der Waals surface area contributed by atoms with Crippen LogP contribution in [0.3, 0.4) is 0 Å². The minimum Gasteiger partial charge on any atom is -0.495 e. The Morgan fingerprint density at radius 3 is 2.46 bits per heavy atom. The van der Waals surface area contributed by atoms with Crippen LogP contribution in [-0.2, 0) is 19.6 Å². The molecule has 1 aromatic rings. The number of piperazine rings is 1. The third-order valence-electron chi connectivity index (χ3n) is 5.31. The molecule has 2 saturated heterocycles. The Balaban J connectivity index is 1.62. The molecule has 10 heteroatoms. The first kappa shape index (κ1) is 21.3. The molecule has 2 heterocycles. The maximum Gasteiger partial charge on any atom is 0.243 e. The van der Waals surface area contributed by atoms with E-state index in [2.05, 4.69) is 4.90 Å². The minimum absolute atomic E-state index is 0.107. The number of halogens is 1. The summed E-state index contributed by atoms with van der Waals surface area (Å²) in [7, 11) is -0.538. The summed E-state index contributed by atoms with van der Waals surface area (Å²) in [6.45, 7) is 3.57. The molecule has 1 amide bonds. The highest BCUT2D eigenvalue weighted by molar-refractivity contribution is 7.89. The standard InChI is InChI=1S/C18H26ClN3O5S/c1-26-12-11-21-6-5-16(18(21)23)20-7-9-22(10-8-20)28(24,25)14-3-4-17(27-2)15(19)13-14/h3-4,13,16H,5-12H2,1-2H3. The van der Waals surface area contributed by atoms with E-state index in [-0.39, 0.29) is 21.9 Å². The molecule has 0 aromatic heterocycles. The summed E-state index contributed by atoms with van der Waals surface area (Å²) in [5.41, 5.74) is 0. The molecule has 0 saturated carbocycles. The molecule has 1 atom stereocenters. The second kappa shape index (κ2) is 8.96. The zero-order valence-electron chi connectivity index (χ0n) is 16.1. The van der Waals surface area contributed by atoms with Gasteiger partial charge < -0.3 is 14.4 Å². The van der Waals surface area contributed by atoms with Crippen LogP contribution < -0.4 is 4.74 Å². The van der Waals surface area contributed by atoms with Crippen LogP contribution in [0.25, 0.3) is 0 Å². The maximum absolute atomic E-state index is 12.9. The van der Waals surface area contributed by atoms with Gasteiger partial charge in [-0.05, 0) is 24.6 Å². The molecule has 0 aliphatic carbocycles. The molecule has 28 heavy (non-hydrogen) atoms. The third kappa shape index (κ3) is 4.28. The first-order valence-electron chi connectivity index (χ1n) is 9.24. The van der Waals surface area contributed by atoms with Gasteiger partial charge in [0.05, 0.1) is 29.7 Å². The van der Waals surface area contributed by atoms with Gasteiger partial charge in [-0.1, -0.05) is 11.6 Å². The Hall–Kier alpha value is -1.39. The average Bonchev–Trinajstić information content (AvgIpc) is 3.06. The Bertz CT molecular complexity index is 811. The van der Waals surface area contributed by atoms with Gasteiger partial charge in [0.2, 0.25) is 15.9 Å². The lowest BCUT2D eigenvalue weighted by atomic mass is 10.2. The summed E-state index contributed by atoms with van der Waals surface area (Å²) in [6.07, 6.45) is 0.767. The topological polar surface area (TPSA) is 79.4 Å². The molecule has 156 valence electrons. The lowest BCUT2D eigenvalue weighted by molar-refractivity contribution is -0.133. The SMILES string of the molecule is COCCN1CCC(N2CCN(S(=O)(=O)c3ccc(OC)c(Cl)c3)CC2)C1=O.